The molecule has 0 aliphatic carbocycles. The fourth-order valence-electron chi connectivity index (χ4n) is 1.62. The topological polar surface area (TPSA) is 35.8 Å². The van der Waals surface area contributed by atoms with Gasteiger partial charge in [0.05, 0.1) is 11.3 Å². The summed E-state index contributed by atoms with van der Waals surface area (Å²) in [7, 11) is 0. The van der Waals surface area contributed by atoms with Gasteiger partial charge in [-0.2, -0.15) is 5.26 Å². The molecule has 0 aliphatic heterocycles. The van der Waals surface area contributed by atoms with Crippen molar-refractivity contribution in [3.63, 3.8) is 0 Å². The van der Waals surface area contributed by atoms with E-state index in [4.69, 9.17) is 16.9 Å². The lowest BCUT2D eigenvalue weighted by Crippen LogP contribution is -2.01. The second kappa shape index (κ2) is 5.25. The van der Waals surface area contributed by atoms with E-state index in [0.29, 0.717) is 10.6 Å². The Labute approximate surface area is 114 Å². The molecule has 5 heteroatoms. The molecule has 2 aromatic carbocycles. The number of hydrogen-bond acceptors (Lipinski definition) is 2. The average Bonchev–Trinajstić information content (AvgIpc) is 2.39. The first kappa shape index (κ1) is 13.3. The Morgan fingerprint density at radius 1 is 1.21 bits per heavy atom. The SMILES string of the molecule is Cc1ccc(F)c(Nc2cc(Cl)ccc2C#N)c1F. The second-order valence-corrected chi connectivity index (χ2v) is 4.42. The first-order chi connectivity index (χ1) is 9.02. The largest absolute Gasteiger partial charge is 0.350 e. The average molecular weight is 279 g/mol. The van der Waals surface area contributed by atoms with Crippen molar-refractivity contribution in [1.82, 2.24) is 0 Å². The molecule has 19 heavy (non-hydrogen) atoms. The Morgan fingerprint density at radius 3 is 2.63 bits per heavy atom. The molecule has 0 amide bonds. The van der Waals surface area contributed by atoms with Gasteiger partial charge in [-0.15, -0.1) is 0 Å². The van der Waals surface area contributed by atoms with Crippen LogP contribution < -0.4 is 5.32 Å². The molecule has 0 saturated heterocycles. The molecular formula is C14H9ClF2N2. The maximum absolute atomic E-state index is 13.9. The number of halogens is 3. The van der Waals surface area contributed by atoms with Crippen molar-refractivity contribution < 1.29 is 8.78 Å². The summed E-state index contributed by atoms with van der Waals surface area (Å²) in [5.41, 5.74) is 0.534. The Balaban J connectivity index is 2.51. The summed E-state index contributed by atoms with van der Waals surface area (Å²) in [6.45, 7) is 1.53. The third kappa shape index (κ3) is 2.67. The second-order valence-electron chi connectivity index (χ2n) is 3.98. The lowest BCUT2D eigenvalue weighted by atomic mass is 10.1. The van der Waals surface area contributed by atoms with E-state index >= 15 is 0 Å². The smallest absolute Gasteiger partial charge is 0.152 e. The zero-order valence-corrected chi connectivity index (χ0v) is 10.7. The normalized spacial score (nSPS) is 10.1. The Bertz CT molecular complexity index is 678. The highest BCUT2D eigenvalue weighted by molar-refractivity contribution is 6.30. The van der Waals surface area contributed by atoms with Gasteiger partial charge in [-0.05, 0) is 36.8 Å². The van der Waals surface area contributed by atoms with Crippen LogP contribution in [0.25, 0.3) is 0 Å². The van der Waals surface area contributed by atoms with Crippen molar-refractivity contribution in [2.24, 2.45) is 0 Å². The summed E-state index contributed by atoms with van der Waals surface area (Å²) >= 11 is 5.81. The molecule has 2 aromatic rings. The molecule has 2 rings (SSSR count). The third-order valence-electron chi connectivity index (χ3n) is 2.65. The van der Waals surface area contributed by atoms with Gasteiger partial charge in [0.2, 0.25) is 0 Å². The molecule has 0 atom stereocenters. The number of rotatable bonds is 2. The van der Waals surface area contributed by atoms with Crippen molar-refractivity contribution >= 4 is 23.0 Å². The van der Waals surface area contributed by atoms with Crippen molar-refractivity contribution in [2.45, 2.75) is 6.92 Å². The van der Waals surface area contributed by atoms with Crippen molar-refractivity contribution in [2.75, 3.05) is 5.32 Å². The first-order valence-corrected chi connectivity index (χ1v) is 5.82. The van der Waals surface area contributed by atoms with Crippen molar-refractivity contribution in [3.8, 4) is 6.07 Å². The van der Waals surface area contributed by atoms with E-state index < -0.39 is 11.6 Å². The molecule has 0 saturated carbocycles. The molecule has 0 spiro atoms. The predicted molar refractivity (Wildman–Crippen MR) is 70.5 cm³/mol. The number of benzene rings is 2. The number of nitrogens with one attached hydrogen (secondary N) is 1. The summed E-state index contributed by atoms with van der Waals surface area (Å²) in [6.07, 6.45) is 0. The van der Waals surface area contributed by atoms with Crippen LogP contribution >= 0.6 is 11.6 Å². The van der Waals surface area contributed by atoms with Gasteiger partial charge in [0.15, 0.2) is 5.82 Å². The maximum Gasteiger partial charge on any atom is 0.152 e. The molecule has 0 unspecified atom stereocenters. The highest BCUT2D eigenvalue weighted by atomic mass is 35.5. The minimum absolute atomic E-state index is 0.254. The first-order valence-electron chi connectivity index (χ1n) is 5.44. The van der Waals surface area contributed by atoms with Crippen LogP contribution in [-0.4, -0.2) is 0 Å². The molecule has 0 heterocycles. The Kier molecular flexibility index (Phi) is 3.68. The zero-order valence-electron chi connectivity index (χ0n) is 9.97. The van der Waals surface area contributed by atoms with Crippen LogP contribution in [0.5, 0.6) is 0 Å². The number of nitriles is 1. The predicted octanol–water partition coefficient (Wildman–Crippen LogP) is 4.54. The molecule has 2 nitrogen and oxygen atoms in total. The van der Waals surface area contributed by atoms with Gasteiger partial charge in [0.25, 0.3) is 0 Å². The standard InChI is InChI=1S/C14H9ClF2N2/c1-8-2-5-11(16)14(13(8)17)19-12-6-10(15)4-3-9(12)7-18/h2-6,19H,1H3. The van der Waals surface area contributed by atoms with Crippen LogP contribution in [0.15, 0.2) is 30.3 Å². The summed E-state index contributed by atoms with van der Waals surface area (Å²) in [6, 6.07) is 8.90. The summed E-state index contributed by atoms with van der Waals surface area (Å²) in [4.78, 5) is 0. The van der Waals surface area contributed by atoms with Crippen molar-refractivity contribution in [1.29, 1.82) is 5.26 Å². The molecule has 0 aliphatic rings. The quantitative estimate of drug-likeness (QED) is 0.875. The van der Waals surface area contributed by atoms with E-state index in [1.54, 1.807) is 0 Å². The molecule has 0 fully saturated rings. The highest BCUT2D eigenvalue weighted by Gasteiger charge is 2.13. The number of aryl methyl sites for hydroxylation is 1. The molecule has 96 valence electrons. The van der Waals surface area contributed by atoms with Gasteiger partial charge in [0.1, 0.15) is 17.6 Å². The fourth-order valence-corrected chi connectivity index (χ4v) is 1.80. The summed E-state index contributed by atoms with van der Waals surface area (Å²) in [5, 5.41) is 11.9. The molecular weight excluding hydrogens is 270 g/mol. The Hall–Kier alpha value is -2.12. The van der Waals surface area contributed by atoms with Crippen LogP contribution in [0.2, 0.25) is 5.02 Å². The van der Waals surface area contributed by atoms with Gasteiger partial charge >= 0.3 is 0 Å². The van der Waals surface area contributed by atoms with Gasteiger partial charge in [-0.3, -0.25) is 0 Å². The van der Waals surface area contributed by atoms with Gasteiger partial charge in [-0.25, -0.2) is 8.78 Å². The van der Waals surface area contributed by atoms with E-state index in [1.165, 1.54) is 31.2 Å². The maximum atomic E-state index is 13.9. The molecule has 0 bridgehead atoms. The summed E-state index contributed by atoms with van der Waals surface area (Å²) in [5.74, 6) is -1.42. The molecule has 0 aromatic heterocycles. The third-order valence-corrected chi connectivity index (χ3v) is 2.88. The van der Waals surface area contributed by atoms with Crippen LogP contribution in [0.4, 0.5) is 20.2 Å². The summed E-state index contributed by atoms with van der Waals surface area (Å²) < 4.78 is 27.5. The lowest BCUT2D eigenvalue weighted by Gasteiger charge is -2.11. The van der Waals surface area contributed by atoms with Crippen molar-refractivity contribution in [3.05, 3.63) is 58.1 Å². The minimum Gasteiger partial charge on any atom is -0.350 e. The number of hydrogen-bond donors (Lipinski definition) is 1. The number of nitrogens with zero attached hydrogens (tertiary/aromatic N) is 1. The monoisotopic (exact) mass is 278 g/mol. The molecule has 1 N–H and O–H groups in total. The Morgan fingerprint density at radius 2 is 1.95 bits per heavy atom. The van der Waals surface area contributed by atoms with Crippen LogP contribution in [0.3, 0.4) is 0 Å². The van der Waals surface area contributed by atoms with E-state index in [-0.39, 0.29) is 16.9 Å². The zero-order chi connectivity index (χ0) is 14.0. The minimum atomic E-state index is -0.730. The van der Waals surface area contributed by atoms with Gasteiger partial charge in [0, 0.05) is 5.02 Å². The van der Waals surface area contributed by atoms with Crippen LogP contribution in [0.1, 0.15) is 11.1 Å². The number of anilines is 2. The highest BCUT2D eigenvalue weighted by Crippen LogP contribution is 2.28. The van der Waals surface area contributed by atoms with Gasteiger partial charge in [-0.1, -0.05) is 17.7 Å². The van der Waals surface area contributed by atoms with E-state index in [9.17, 15) is 8.78 Å². The lowest BCUT2D eigenvalue weighted by molar-refractivity contribution is 0.585. The van der Waals surface area contributed by atoms with E-state index in [2.05, 4.69) is 5.32 Å². The van der Waals surface area contributed by atoms with E-state index in [1.807, 2.05) is 6.07 Å². The fraction of sp³-hybridized carbons (Fsp3) is 0.0714. The van der Waals surface area contributed by atoms with Crippen LogP contribution in [-0.2, 0) is 0 Å². The van der Waals surface area contributed by atoms with E-state index in [0.717, 1.165) is 6.07 Å². The van der Waals surface area contributed by atoms with Gasteiger partial charge < -0.3 is 5.32 Å². The molecule has 0 radical (unpaired) electrons. The van der Waals surface area contributed by atoms with Crippen LogP contribution in [0, 0.1) is 29.9 Å².